The van der Waals surface area contributed by atoms with E-state index in [4.69, 9.17) is 0 Å². The fourth-order valence-corrected chi connectivity index (χ4v) is 5.86. The molecule has 3 aliphatic rings. The van der Waals surface area contributed by atoms with Crippen LogP contribution in [-0.2, 0) is 10.0 Å². The van der Waals surface area contributed by atoms with Crippen LogP contribution in [0.1, 0.15) is 12.5 Å². The lowest BCUT2D eigenvalue weighted by Gasteiger charge is -2.38. The van der Waals surface area contributed by atoms with E-state index >= 15 is 0 Å². The third-order valence-corrected chi connectivity index (χ3v) is 7.69. The van der Waals surface area contributed by atoms with Crippen LogP contribution in [-0.4, -0.2) is 71.3 Å². The lowest BCUT2D eigenvalue weighted by Crippen LogP contribution is -2.55. The number of hydrogen-bond acceptors (Lipinski definition) is 5. The van der Waals surface area contributed by atoms with Gasteiger partial charge in [-0.3, -0.25) is 4.90 Å². The van der Waals surface area contributed by atoms with Crippen LogP contribution in [0.4, 0.5) is 0 Å². The number of hydrogen-bond donors (Lipinski definition) is 2. The minimum absolute atomic E-state index is 0.136. The van der Waals surface area contributed by atoms with Gasteiger partial charge in [0.2, 0.25) is 10.0 Å². The molecule has 0 amide bonds. The van der Waals surface area contributed by atoms with Gasteiger partial charge >= 0.3 is 0 Å². The SMILES string of the molecule is Cc1ccc(S(=O)(=O)N2C[C@H]3[C@H](O)[C@H](O)[C@@H](C)N4C[C@@]34C2)cc1. The molecule has 126 valence electrons. The fraction of sp³-hybridized carbons (Fsp3) is 0.625. The van der Waals surface area contributed by atoms with Crippen molar-refractivity contribution in [3.05, 3.63) is 29.8 Å². The molecule has 3 heterocycles. The third-order valence-electron chi connectivity index (χ3n) is 5.86. The Labute approximate surface area is 136 Å². The summed E-state index contributed by atoms with van der Waals surface area (Å²) in [5, 5.41) is 20.6. The van der Waals surface area contributed by atoms with E-state index in [1.807, 2.05) is 13.8 Å². The fourth-order valence-electron chi connectivity index (χ4n) is 4.33. The predicted octanol–water partition coefficient (Wildman–Crippen LogP) is -0.206. The Hall–Kier alpha value is -0.990. The van der Waals surface area contributed by atoms with E-state index in [0.29, 0.717) is 6.54 Å². The van der Waals surface area contributed by atoms with E-state index in [0.717, 1.165) is 12.1 Å². The summed E-state index contributed by atoms with van der Waals surface area (Å²) in [4.78, 5) is 2.41. The Bertz CT molecular complexity index is 733. The zero-order valence-corrected chi connectivity index (χ0v) is 14.1. The number of rotatable bonds is 2. The van der Waals surface area contributed by atoms with Crippen LogP contribution < -0.4 is 0 Å². The van der Waals surface area contributed by atoms with Gasteiger partial charge in [0.25, 0.3) is 0 Å². The van der Waals surface area contributed by atoms with Crippen molar-refractivity contribution in [3.63, 3.8) is 0 Å². The second-order valence-corrected chi connectivity index (χ2v) is 9.11. The van der Waals surface area contributed by atoms with Crippen LogP contribution in [0.25, 0.3) is 0 Å². The molecule has 6 atom stereocenters. The summed E-state index contributed by atoms with van der Waals surface area (Å²) in [5.41, 5.74) is 0.717. The Morgan fingerprint density at radius 2 is 1.78 bits per heavy atom. The first-order chi connectivity index (χ1) is 10.8. The van der Waals surface area contributed by atoms with Crippen LogP contribution in [0, 0.1) is 12.8 Å². The van der Waals surface area contributed by atoms with Gasteiger partial charge in [0.1, 0.15) is 0 Å². The molecule has 6 nitrogen and oxygen atoms in total. The highest BCUT2D eigenvalue weighted by atomic mass is 32.2. The van der Waals surface area contributed by atoms with E-state index in [1.165, 1.54) is 4.31 Å². The first-order valence-electron chi connectivity index (χ1n) is 7.97. The summed E-state index contributed by atoms with van der Waals surface area (Å²) < 4.78 is 27.2. The molecule has 0 radical (unpaired) electrons. The number of sulfonamides is 1. The summed E-state index contributed by atoms with van der Waals surface area (Å²) in [6, 6.07) is 6.70. The van der Waals surface area contributed by atoms with E-state index in [9.17, 15) is 18.6 Å². The minimum Gasteiger partial charge on any atom is -0.390 e. The molecule has 3 saturated heterocycles. The summed E-state index contributed by atoms with van der Waals surface area (Å²) in [5.74, 6) is -0.228. The molecule has 3 fully saturated rings. The molecule has 23 heavy (non-hydrogen) atoms. The second-order valence-electron chi connectivity index (χ2n) is 7.17. The van der Waals surface area contributed by atoms with Crippen LogP contribution in [0.2, 0.25) is 0 Å². The van der Waals surface area contributed by atoms with Crippen molar-refractivity contribution >= 4 is 10.0 Å². The van der Waals surface area contributed by atoms with Gasteiger partial charge in [-0.1, -0.05) is 17.7 Å². The maximum atomic E-state index is 12.9. The number of benzene rings is 1. The average Bonchev–Trinajstić information content (AvgIpc) is 3.09. The molecule has 0 bridgehead atoms. The third kappa shape index (κ3) is 2.04. The van der Waals surface area contributed by atoms with Gasteiger partial charge in [-0.15, -0.1) is 0 Å². The Kier molecular flexibility index (Phi) is 3.22. The van der Waals surface area contributed by atoms with Gasteiger partial charge in [-0.2, -0.15) is 4.31 Å². The lowest BCUT2D eigenvalue weighted by molar-refractivity contribution is -0.0782. The molecular formula is C16H22N2O4S. The van der Waals surface area contributed by atoms with Crippen LogP contribution >= 0.6 is 0 Å². The van der Waals surface area contributed by atoms with Gasteiger partial charge in [0.05, 0.1) is 22.6 Å². The van der Waals surface area contributed by atoms with E-state index < -0.39 is 22.2 Å². The Morgan fingerprint density at radius 3 is 2.43 bits per heavy atom. The summed E-state index contributed by atoms with van der Waals surface area (Å²) in [6.07, 6.45) is -1.69. The monoisotopic (exact) mass is 338 g/mol. The lowest BCUT2D eigenvalue weighted by atomic mass is 9.82. The first-order valence-corrected chi connectivity index (χ1v) is 9.41. The standard InChI is InChI=1S/C16H22N2O4S/c1-10-3-5-12(6-4-10)23(21,22)17-7-13-15(20)14(19)11(2)18-9-16(13,18)8-17/h3-6,11,13-15,19-20H,7-9H2,1-2H3/t11-,13+,14-,15+,16+,18?/m1/s1. The number of piperidine rings is 1. The van der Waals surface area contributed by atoms with Crippen molar-refractivity contribution in [1.29, 1.82) is 0 Å². The molecule has 3 aliphatic heterocycles. The van der Waals surface area contributed by atoms with Crippen molar-refractivity contribution < 1.29 is 18.6 Å². The average molecular weight is 338 g/mol. The molecule has 7 heteroatoms. The first kappa shape index (κ1) is 15.5. The Morgan fingerprint density at radius 1 is 1.13 bits per heavy atom. The van der Waals surface area contributed by atoms with Crippen LogP contribution in [0.5, 0.6) is 0 Å². The highest BCUT2D eigenvalue weighted by molar-refractivity contribution is 7.89. The van der Waals surface area contributed by atoms with Gasteiger partial charge in [0.15, 0.2) is 0 Å². The summed E-state index contributed by atoms with van der Waals surface area (Å²) in [6.45, 7) is 5.20. The van der Waals surface area contributed by atoms with E-state index in [2.05, 4.69) is 4.90 Å². The zero-order valence-electron chi connectivity index (χ0n) is 13.3. The van der Waals surface area contributed by atoms with Gasteiger partial charge in [-0.05, 0) is 26.0 Å². The van der Waals surface area contributed by atoms with Gasteiger partial charge in [0, 0.05) is 31.6 Å². The van der Waals surface area contributed by atoms with Crippen molar-refractivity contribution in [2.24, 2.45) is 5.92 Å². The molecule has 0 aromatic heterocycles. The van der Waals surface area contributed by atoms with Gasteiger partial charge in [-0.25, -0.2) is 8.42 Å². The topological polar surface area (TPSA) is 80.9 Å². The normalized spacial score (nSPS) is 43.0. The molecular weight excluding hydrogens is 316 g/mol. The molecule has 1 aromatic rings. The number of aliphatic hydroxyl groups excluding tert-OH is 2. The van der Waals surface area contributed by atoms with Crippen molar-refractivity contribution in [2.75, 3.05) is 19.6 Å². The number of aliphatic hydroxyl groups is 2. The largest absolute Gasteiger partial charge is 0.390 e. The Balaban J connectivity index is 1.65. The molecule has 0 saturated carbocycles. The minimum atomic E-state index is -3.57. The number of aryl methyl sites for hydroxylation is 1. The zero-order chi connectivity index (χ0) is 16.6. The quantitative estimate of drug-likeness (QED) is 0.730. The van der Waals surface area contributed by atoms with Crippen LogP contribution in [0.3, 0.4) is 0 Å². The van der Waals surface area contributed by atoms with Crippen molar-refractivity contribution in [1.82, 2.24) is 9.21 Å². The highest BCUT2D eigenvalue weighted by Crippen LogP contribution is 2.53. The maximum Gasteiger partial charge on any atom is 0.243 e. The summed E-state index contributed by atoms with van der Waals surface area (Å²) in [7, 11) is -3.57. The molecule has 1 spiro atoms. The predicted molar refractivity (Wildman–Crippen MR) is 84.3 cm³/mol. The molecule has 1 aromatic carbocycles. The van der Waals surface area contributed by atoms with Crippen molar-refractivity contribution in [3.8, 4) is 0 Å². The van der Waals surface area contributed by atoms with E-state index in [1.54, 1.807) is 24.3 Å². The highest BCUT2D eigenvalue weighted by Gasteiger charge is 2.70. The van der Waals surface area contributed by atoms with Gasteiger partial charge < -0.3 is 10.2 Å². The number of nitrogens with zero attached hydrogens (tertiary/aromatic N) is 2. The maximum absolute atomic E-state index is 12.9. The summed E-state index contributed by atoms with van der Waals surface area (Å²) >= 11 is 0. The van der Waals surface area contributed by atoms with Crippen LogP contribution in [0.15, 0.2) is 29.2 Å². The smallest absolute Gasteiger partial charge is 0.243 e. The van der Waals surface area contributed by atoms with E-state index in [-0.39, 0.29) is 28.9 Å². The molecule has 2 N–H and O–H groups in total. The molecule has 1 unspecified atom stereocenters. The second kappa shape index (κ2) is 4.77. The molecule has 0 aliphatic carbocycles. The molecule has 4 rings (SSSR count). The van der Waals surface area contributed by atoms with Crippen molar-refractivity contribution in [2.45, 2.75) is 42.5 Å².